The molecule has 0 spiro atoms. The number of pyridine rings is 1. The Hall–Kier alpha value is -2.24. The molecule has 0 bridgehead atoms. The first kappa shape index (κ1) is 15.3. The van der Waals surface area contributed by atoms with Gasteiger partial charge in [-0.1, -0.05) is 29.8 Å². The zero-order chi connectivity index (χ0) is 16.5. The van der Waals surface area contributed by atoms with Crippen molar-refractivity contribution in [2.45, 2.75) is 12.3 Å². The summed E-state index contributed by atoms with van der Waals surface area (Å²) < 4.78 is 0. The van der Waals surface area contributed by atoms with E-state index >= 15 is 0 Å². The molecule has 6 heteroatoms. The summed E-state index contributed by atoms with van der Waals surface area (Å²) in [4.78, 5) is 21.0. The molecule has 2 heterocycles. The van der Waals surface area contributed by atoms with Crippen LogP contribution in [0.15, 0.2) is 54.2 Å². The molecule has 4 nitrogen and oxygen atoms in total. The highest BCUT2D eigenvalue weighted by atomic mass is 35.5. The van der Waals surface area contributed by atoms with Crippen molar-refractivity contribution in [1.29, 1.82) is 0 Å². The second kappa shape index (κ2) is 6.34. The van der Waals surface area contributed by atoms with Gasteiger partial charge < -0.3 is 5.32 Å². The lowest BCUT2D eigenvalue weighted by Gasteiger charge is -2.03. The lowest BCUT2D eigenvalue weighted by molar-refractivity contribution is -0.117. The van der Waals surface area contributed by atoms with Crippen molar-refractivity contribution in [2.75, 3.05) is 5.32 Å². The fraction of sp³-hybridized carbons (Fsp3) is 0.167. The van der Waals surface area contributed by atoms with Crippen molar-refractivity contribution in [2.24, 2.45) is 5.92 Å². The number of rotatable bonds is 4. The van der Waals surface area contributed by atoms with E-state index in [0.29, 0.717) is 5.13 Å². The minimum atomic E-state index is -0.0318. The van der Waals surface area contributed by atoms with Crippen molar-refractivity contribution in [1.82, 2.24) is 9.97 Å². The van der Waals surface area contributed by atoms with E-state index in [1.54, 1.807) is 12.4 Å². The summed E-state index contributed by atoms with van der Waals surface area (Å²) in [6, 6.07) is 11.5. The largest absolute Gasteiger partial charge is 0.302 e. The molecule has 24 heavy (non-hydrogen) atoms. The molecule has 0 radical (unpaired) electrons. The summed E-state index contributed by atoms with van der Waals surface area (Å²) in [7, 11) is 0. The second-order valence-electron chi connectivity index (χ2n) is 5.74. The lowest BCUT2D eigenvalue weighted by Crippen LogP contribution is -2.14. The molecular weight excluding hydrogens is 342 g/mol. The van der Waals surface area contributed by atoms with E-state index in [4.69, 9.17) is 11.6 Å². The third-order valence-corrected chi connectivity index (χ3v) is 5.23. The average Bonchev–Trinajstić information content (AvgIpc) is 3.27. The minimum absolute atomic E-state index is 0.00649. The van der Waals surface area contributed by atoms with E-state index < -0.39 is 0 Å². The summed E-state index contributed by atoms with van der Waals surface area (Å²) >= 11 is 7.63. The maximum Gasteiger partial charge on any atom is 0.229 e. The van der Waals surface area contributed by atoms with Crippen molar-refractivity contribution in [3.8, 4) is 11.3 Å². The van der Waals surface area contributed by atoms with E-state index in [1.807, 2.05) is 41.8 Å². The Morgan fingerprint density at radius 2 is 2.12 bits per heavy atom. The fourth-order valence-electron chi connectivity index (χ4n) is 2.78. The van der Waals surface area contributed by atoms with Crippen LogP contribution >= 0.6 is 22.9 Å². The molecule has 2 atom stereocenters. The second-order valence-corrected chi connectivity index (χ2v) is 7.00. The van der Waals surface area contributed by atoms with Gasteiger partial charge in [0, 0.05) is 34.3 Å². The zero-order valence-electron chi connectivity index (χ0n) is 12.6. The molecule has 3 aromatic rings. The molecule has 1 N–H and O–H groups in total. The van der Waals surface area contributed by atoms with Crippen LogP contribution in [0, 0.1) is 5.92 Å². The highest BCUT2D eigenvalue weighted by Crippen LogP contribution is 2.50. The van der Waals surface area contributed by atoms with Crippen LogP contribution in [0.2, 0.25) is 5.02 Å². The Morgan fingerprint density at radius 1 is 1.25 bits per heavy atom. The highest BCUT2D eigenvalue weighted by molar-refractivity contribution is 7.14. The van der Waals surface area contributed by atoms with Gasteiger partial charge in [-0.15, -0.1) is 11.3 Å². The first-order valence-corrected chi connectivity index (χ1v) is 8.89. The number of nitrogens with one attached hydrogen (secondary N) is 1. The van der Waals surface area contributed by atoms with Crippen LogP contribution < -0.4 is 5.32 Å². The maximum atomic E-state index is 12.4. The summed E-state index contributed by atoms with van der Waals surface area (Å²) in [5, 5.41) is 6.18. The zero-order valence-corrected chi connectivity index (χ0v) is 14.2. The van der Waals surface area contributed by atoms with Gasteiger partial charge >= 0.3 is 0 Å². The molecule has 0 saturated heterocycles. The molecule has 0 unspecified atom stereocenters. The van der Waals surface area contributed by atoms with Gasteiger partial charge in [-0.05, 0) is 36.1 Å². The molecule has 2 aromatic heterocycles. The van der Waals surface area contributed by atoms with E-state index in [1.165, 1.54) is 11.3 Å². The van der Waals surface area contributed by atoms with Gasteiger partial charge in [0.15, 0.2) is 5.13 Å². The number of hydrogen-bond donors (Lipinski definition) is 1. The number of carbonyl (C=O) groups is 1. The van der Waals surface area contributed by atoms with Crippen molar-refractivity contribution < 1.29 is 4.79 Å². The third kappa shape index (κ3) is 3.05. The summed E-state index contributed by atoms with van der Waals surface area (Å²) in [5.74, 6) is 0.180. The monoisotopic (exact) mass is 355 g/mol. The Morgan fingerprint density at radius 3 is 2.92 bits per heavy atom. The van der Waals surface area contributed by atoms with Crippen molar-refractivity contribution in [3.63, 3.8) is 0 Å². The summed E-state index contributed by atoms with van der Waals surface area (Å²) in [6.45, 7) is 0. The summed E-state index contributed by atoms with van der Waals surface area (Å²) in [5.41, 5.74) is 2.81. The van der Waals surface area contributed by atoms with E-state index in [9.17, 15) is 4.79 Å². The first-order valence-electron chi connectivity index (χ1n) is 7.63. The molecule has 1 aliphatic carbocycles. The van der Waals surface area contributed by atoms with E-state index in [-0.39, 0.29) is 17.7 Å². The van der Waals surface area contributed by atoms with Gasteiger partial charge in [-0.3, -0.25) is 9.78 Å². The molecule has 120 valence electrons. The standard InChI is InChI=1S/C18H14ClN3OS/c19-15-6-2-1-5-12(15)13-8-14(13)17(23)22-18-21-16(10-24-18)11-4-3-7-20-9-11/h1-7,9-10,13-14H,8H2,(H,21,22,23)/t13-,14-/m0/s1. The number of carbonyl (C=O) groups excluding carboxylic acids is 1. The van der Waals surface area contributed by atoms with Crippen LogP contribution in [0.5, 0.6) is 0 Å². The molecule has 4 rings (SSSR count). The van der Waals surface area contributed by atoms with Crippen molar-refractivity contribution >= 4 is 34.0 Å². The van der Waals surface area contributed by atoms with Gasteiger partial charge in [-0.2, -0.15) is 0 Å². The topological polar surface area (TPSA) is 54.9 Å². The Balaban J connectivity index is 1.43. The molecular formula is C18H14ClN3OS. The van der Waals surface area contributed by atoms with Gasteiger partial charge in [-0.25, -0.2) is 4.98 Å². The van der Waals surface area contributed by atoms with Crippen LogP contribution in [0.4, 0.5) is 5.13 Å². The van der Waals surface area contributed by atoms with Crippen LogP contribution in [0.25, 0.3) is 11.3 Å². The number of halogens is 1. The number of benzene rings is 1. The van der Waals surface area contributed by atoms with E-state index in [2.05, 4.69) is 15.3 Å². The number of anilines is 1. The van der Waals surface area contributed by atoms with Crippen LogP contribution in [0.1, 0.15) is 17.9 Å². The highest BCUT2D eigenvalue weighted by Gasteiger charge is 2.45. The van der Waals surface area contributed by atoms with Gasteiger partial charge in [0.1, 0.15) is 0 Å². The fourth-order valence-corrected chi connectivity index (χ4v) is 3.78. The predicted octanol–water partition coefficient (Wildman–Crippen LogP) is 4.60. The Kier molecular flexibility index (Phi) is 4.04. The van der Waals surface area contributed by atoms with Crippen LogP contribution in [0.3, 0.4) is 0 Å². The number of nitrogens with zero attached hydrogens (tertiary/aromatic N) is 2. The maximum absolute atomic E-state index is 12.4. The van der Waals surface area contributed by atoms with Crippen molar-refractivity contribution in [3.05, 3.63) is 64.8 Å². The van der Waals surface area contributed by atoms with Crippen LogP contribution in [-0.2, 0) is 4.79 Å². The lowest BCUT2D eigenvalue weighted by atomic mass is 10.1. The smallest absolute Gasteiger partial charge is 0.229 e. The quantitative estimate of drug-likeness (QED) is 0.744. The summed E-state index contributed by atoms with van der Waals surface area (Å²) in [6.07, 6.45) is 4.31. The number of aromatic nitrogens is 2. The van der Waals surface area contributed by atoms with Gasteiger partial charge in [0.25, 0.3) is 0 Å². The van der Waals surface area contributed by atoms with Crippen LogP contribution in [-0.4, -0.2) is 15.9 Å². The SMILES string of the molecule is O=C(Nc1nc(-c2cccnc2)cs1)[C@H]1C[C@H]1c1ccccc1Cl. The number of hydrogen-bond acceptors (Lipinski definition) is 4. The Bertz CT molecular complexity index is 881. The average molecular weight is 356 g/mol. The minimum Gasteiger partial charge on any atom is -0.302 e. The Labute approximate surface area is 148 Å². The molecule has 1 fully saturated rings. The molecule has 1 aromatic carbocycles. The normalized spacial score (nSPS) is 19.0. The predicted molar refractivity (Wildman–Crippen MR) is 96.3 cm³/mol. The number of amides is 1. The first-order chi connectivity index (χ1) is 11.7. The molecule has 1 saturated carbocycles. The molecule has 0 aliphatic heterocycles. The third-order valence-electron chi connectivity index (χ3n) is 4.12. The van der Waals surface area contributed by atoms with Gasteiger partial charge in [0.2, 0.25) is 5.91 Å². The van der Waals surface area contributed by atoms with Gasteiger partial charge in [0.05, 0.1) is 5.69 Å². The van der Waals surface area contributed by atoms with E-state index in [0.717, 1.165) is 28.3 Å². The number of thiazole rings is 1. The molecule has 1 aliphatic rings. The molecule has 1 amide bonds.